The van der Waals surface area contributed by atoms with Gasteiger partial charge >= 0.3 is 0 Å². The van der Waals surface area contributed by atoms with E-state index >= 15 is 0 Å². The zero-order chi connectivity index (χ0) is 22.3. The number of piperidine rings is 1. The van der Waals surface area contributed by atoms with Crippen LogP contribution in [0.3, 0.4) is 0 Å². The molecule has 1 aliphatic heterocycles. The van der Waals surface area contributed by atoms with E-state index in [1.54, 1.807) is 0 Å². The van der Waals surface area contributed by atoms with E-state index in [2.05, 4.69) is 21.3 Å². The highest BCUT2D eigenvalue weighted by atomic mass is 35.5. The minimum atomic E-state index is -0.109. The lowest BCUT2D eigenvalue weighted by atomic mass is 10.1. The Morgan fingerprint density at radius 3 is 2.47 bits per heavy atom. The number of carbonyl (C=O) groups excluding carboxylic acids is 1. The van der Waals surface area contributed by atoms with Gasteiger partial charge < -0.3 is 10.1 Å². The van der Waals surface area contributed by atoms with Crippen LogP contribution in [0.1, 0.15) is 47.4 Å². The average molecular weight is 450 g/mol. The number of rotatable bonds is 7. The second-order valence-electron chi connectivity index (χ2n) is 8.19. The fraction of sp³-hybridized carbons (Fsp3) is 0.308. The van der Waals surface area contributed by atoms with Gasteiger partial charge in [-0.15, -0.1) is 0 Å². The molecule has 1 saturated heterocycles. The molecule has 1 unspecified atom stereocenters. The first-order chi connectivity index (χ1) is 15.6. The molecule has 6 heteroatoms. The van der Waals surface area contributed by atoms with Gasteiger partial charge in [0.2, 0.25) is 0 Å². The van der Waals surface area contributed by atoms with Crippen molar-refractivity contribution in [3.05, 3.63) is 94.8 Å². The number of hydrogen-bond donors (Lipinski definition) is 1. The molecule has 2 aromatic carbocycles. The summed E-state index contributed by atoms with van der Waals surface area (Å²) >= 11 is 5.94. The average Bonchev–Trinajstić information content (AvgIpc) is 2.82. The second-order valence-corrected chi connectivity index (χ2v) is 8.62. The number of pyridine rings is 1. The molecule has 1 amide bonds. The third-order valence-corrected chi connectivity index (χ3v) is 6.04. The second kappa shape index (κ2) is 10.6. The highest BCUT2D eigenvalue weighted by Crippen LogP contribution is 2.21. The molecule has 3 aromatic rings. The number of ether oxygens (including phenoxy) is 1. The number of carbonyl (C=O) groups is 1. The van der Waals surface area contributed by atoms with E-state index in [1.165, 1.54) is 0 Å². The van der Waals surface area contributed by atoms with Crippen LogP contribution in [-0.4, -0.2) is 35.0 Å². The SMILES string of the molecule is CC(NC(=O)c1ccc(OC2CCN(Cc3ccccn3)CC2)cc1)c1ccc(Cl)cc1. The molecule has 1 N–H and O–H groups in total. The predicted octanol–water partition coefficient (Wildman–Crippen LogP) is 5.27. The first-order valence-corrected chi connectivity index (χ1v) is 11.4. The molecular weight excluding hydrogens is 422 g/mol. The Kier molecular flexibility index (Phi) is 7.40. The van der Waals surface area contributed by atoms with Crippen molar-refractivity contribution < 1.29 is 9.53 Å². The van der Waals surface area contributed by atoms with Crippen LogP contribution in [0.2, 0.25) is 5.02 Å². The summed E-state index contributed by atoms with van der Waals surface area (Å²) in [4.78, 5) is 19.4. The summed E-state index contributed by atoms with van der Waals surface area (Å²) in [6.45, 7) is 4.82. The number of likely N-dealkylation sites (tertiary alicyclic amines) is 1. The maximum absolute atomic E-state index is 12.6. The van der Waals surface area contributed by atoms with Gasteiger partial charge in [0.05, 0.1) is 11.7 Å². The molecule has 1 aromatic heterocycles. The topological polar surface area (TPSA) is 54.5 Å². The highest BCUT2D eigenvalue weighted by molar-refractivity contribution is 6.30. The standard InChI is InChI=1S/C26H28ClN3O2/c1-19(20-5-9-22(27)10-6-20)29-26(31)21-7-11-24(12-8-21)32-25-13-16-30(17-14-25)18-23-4-2-3-15-28-23/h2-12,15,19,25H,13-14,16-18H2,1H3,(H,29,31). The molecule has 0 spiro atoms. The molecule has 0 bridgehead atoms. The molecule has 4 rings (SSSR count). The van der Waals surface area contributed by atoms with E-state index in [-0.39, 0.29) is 18.1 Å². The third-order valence-electron chi connectivity index (χ3n) is 5.78. The van der Waals surface area contributed by atoms with E-state index in [9.17, 15) is 4.79 Å². The molecule has 0 aliphatic carbocycles. The van der Waals surface area contributed by atoms with Gasteiger partial charge in [0, 0.05) is 36.4 Å². The van der Waals surface area contributed by atoms with Gasteiger partial charge in [0.15, 0.2) is 0 Å². The van der Waals surface area contributed by atoms with E-state index in [0.717, 1.165) is 49.5 Å². The molecule has 1 aliphatic rings. The van der Waals surface area contributed by atoms with E-state index < -0.39 is 0 Å². The molecule has 2 heterocycles. The van der Waals surface area contributed by atoms with Gasteiger partial charge in [-0.1, -0.05) is 29.8 Å². The van der Waals surface area contributed by atoms with Crippen molar-refractivity contribution in [1.29, 1.82) is 0 Å². The molecule has 32 heavy (non-hydrogen) atoms. The maximum Gasteiger partial charge on any atom is 0.251 e. The van der Waals surface area contributed by atoms with Crippen molar-refractivity contribution in [2.45, 2.75) is 38.5 Å². The van der Waals surface area contributed by atoms with Crippen molar-refractivity contribution in [3.8, 4) is 5.75 Å². The minimum absolute atomic E-state index is 0.105. The quantitative estimate of drug-likeness (QED) is 0.534. The fourth-order valence-electron chi connectivity index (χ4n) is 3.90. The van der Waals surface area contributed by atoms with Crippen molar-refractivity contribution in [2.75, 3.05) is 13.1 Å². The monoisotopic (exact) mass is 449 g/mol. The lowest BCUT2D eigenvalue weighted by molar-refractivity contribution is 0.0937. The third kappa shape index (κ3) is 6.09. The van der Waals surface area contributed by atoms with Gasteiger partial charge in [0.1, 0.15) is 11.9 Å². The minimum Gasteiger partial charge on any atom is -0.490 e. The molecule has 0 saturated carbocycles. The first-order valence-electron chi connectivity index (χ1n) is 11.0. The van der Waals surface area contributed by atoms with E-state index in [4.69, 9.17) is 16.3 Å². The Labute approximate surface area is 194 Å². The molecular formula is C26H28ClN3O2. The number of hydrogen-bond acceptors (Lipinski definition) is 4. The summed E-state index contributed by atoms with van der Waals surface area (Å²) < 4.78 is 6.16. The summed E-state index contributed by atoms with van der Waals surface area (Å²) in [5.41, 5.74) is 2.73. The van der Waals surface area contributed by atoms with Crippen molar-refractivity contribution in [3.63, 3.8) is 0 Å². The first kappa shape index (κ1) is 22.3. The zero-order valence-corrected chi connectivity index (χ0v) is 19.0. The maximum atomic E-state index is 12.6. The number of nitrogens with one attached hydrogen (secondary N) is 1. The van der Waals surface area contributed by atoms with Gasteiger partial charge in [-0.2, -0.15) is 0 Å². The summed E-state index contributed by atoms with van der Waals surface area (Å²) in [6.07, 6.45) is 3.99. The fourth-order valence-corrected chi connectivity index (χ4v) is 4.02. The van der Waals surface area contributed by atoms with E-state index in [0.29, 0.717) is 10.6 Å². The Hall–Kier alpha value is -2.89. The number of amides is 1. The van der Waals surface area contributed by atoms with Crippen LogP contribution in [0.25, 0.3) is 0 Å². The number of aromatic nitrogens is 1. The number of halogens is 1. The van der Waals surface area contributed by atoms with Crippen LogP contribution in [0.4, 0.5) is 0 Å². The summed E-state index contributed by atoms with van der Waals surface area (Å²) in [7, 11) is 0. The van der Waals surface area contributed by atoms with Gasteiger partial charge in [-0.05, 0) is 73.9 Å². The lowest BCUT2D eigenvalue weighted by Crippen LogP contribution is -2.37. The van der Waals surface area contributed by atoms with Crippen LogP contribution in [0, 0.1) is 0 Å². The van der Waals surface area contributed by atoms with Crippen molar-refractivity contribution >= 4 is 17.5 Å². The van der Waals surface area contributed by atoms with Crippen LogP contribution in [0.5, 0.6) is 5.75 Å². The zero-order valence-electron chi connectivity index (χ0n) is 18.2. The van der Waals surface area contributed by atoms with Crippen LogP contribution < -0.4 is 10.1 Å². The highest BCUT2D eigenvalue weighted by Gasteiger charge is 2.21. The van der Waals surface area contributed by atoms with E-state index in [1.807, 2.05) is 73.8 Å². The van der Waals surface area contributed by atoms with Gasteiger partial charge in [-0.25, -0.2) is 0 Å². The molecule has 166 valence electrons. The molecule has 1 fully saturated rings. The Morgan fingerprint density at radius 1 is 1.09 bits per heavy atom. The Bertz CT molecular complexity index is 1000. The molecule has 5 nitrogen and oxygen atoms in total. The molecule has 0 radical (unpaired) electrons. The van der Waals surface area contributed by atoms with Crippen molar-refractivity contribution in [2.24, 2.45) is 0 Å². The summed E-state index contributed by atoms with van der Waals surface area (Å²) in [5.74, 6) is 0.692. The van der Waals surface area contributed by atoms with Gasteiger partial charge in [0.25, 0.3) is 5.91 Å². The summed E-state index contributed by atoms with van der Waals surface area (Å²) in [6, 6.07) is 20.8. The predicted molar refractivity (Wildman–Crippen MR) is 127 cm³/mol. The number of nitrogens with zero attached hydrogens (tertiary/aromatic N) is 2. The normalized spacial score (nSPS) is 15.8. The van der Waals surface area contributed by atoms with Crippen molar-refractivity contribution in [1.82, 2.24) is 15.2 Å². The lowest BCUT2D eigenvalue weighted by Gasteiger charge is -2.31. The van der Waals surface area contributed by atoms with Gasteiger partial charge in [-0.3, -0.25) is 14.7 Å². The smallest absolute Gasteiger partial charge is 0.251 e. The van der Waals surface area contributed by atoms with Crippen LogP contribution in [-0.2, 0) is 6.54 Å². The molecule has 1 atom stereocenters. The Morgan fingerprint density at radius 2 is 1.81 bits per heavy atom. The largest absolute Gasteiger partial charge is 0.490 e. The Balaban J connectivity index is 1.25. The van der Waals surface area contributed by atoms with Crippen LogP contribution >= 0.6 is 11.6 Å². The van der Waals surface area contributed by atoms with Crippen LogP contribution in [0.15, 0.2) is 72.9 Å². The number of benzene rings is 2. The summed E-state index contributed by atoms with van der Waals surface area (Å²) in [5, 5.41) is 3.71.